The van der Waals surface area contributed by atoms with Gasteiger partial charge in [-0.1, -0.05) is 18.2 Å². The molecule has 1 aromatic rings. The molecule has 0 radical (unpaired) electrons. The first-order valence-electron chi connectivity index (χ1n) is 6.08. The van der Waals surface area contributed by atoms with Crippen molar-refractivity contribution in [3.8, 4) is 5.75 Å². The summed E-state index contributed by atoms with van der Waals surface area (Å²) < 4.78 is 31.0. The molecule has 0 bridgehead atoms. The van der Waals surface area contributed by atoms with Gasteiger partial charge in [-0.15, -0.1) is 0 Å². The van der Waals surface area contributed by atoms with Crippen molar-refractivity contribution in [2.75, 3.05) is 19.7 Å². The van der Waals surface area contributed by atoms with Crippen molar-refractivity contribution in [2.24, 2.45) is 0 Å². The zero-order chi connectivity index (χ0) is 13.9. The van der Waals surface area contributed by atoms with Crippen LogP contribution in [-0.4, -0.2) is 31.5 Å². The van der Waals surface area contributed by atoms with Crippen molar-refractivity contribution in [1.82, 2.24) is 10.6 Å². The van der Waals surface area contributed by atoms with E-state index in [1.165, 1.54) is 0 Å². The summed E-state index contributed by atoms with van der Waals surface area (Å²) >= 11 is 0. The second-order valence-corrected chi connectivity index (χ2v) is 4.56. The highest BCUT2D eigenvalue weighted by Crippen LogP contribution is 2.27. The van der Waals surface area contributed by atoms with Crippen LogP contribution < -0.4 is 15.4 Å². The van der Waals surface area contributed by atoms with Crippen LogP contribution in [0.15, 0.2) is 24.3 Å². The Hall–Kier alpha value is -1.69. The van der Waals surface area contributed by atoms with Crippen molar-refractivity contribution in [2.45, 2.75) is 18.9 Å². The largest absolute Gasteiger partial charge is 0.492 e. The molecule has 1 heterocycles. The second kappa shape index (κ2) is 5.52. The SMILES string of the molecule is CC(F)(F)CNC(=O)C1NCCOc2ccccc21. The highest BCUT2D eigenvalue weighted by atomic mass is 19.3. The van der Waals surface area contributed by atoms with Crippen molar-refractivity contribution in [3.63, 3.8) is 0 Å². The molecule has 1 aliphatic heterocycles. The fourth-order valence-electron chi connectivity index (χ4n) is 1.90. The molecule has 0 saturated carbocycles. The summed E-state index contributed by atoms with van der Waals surface area (Å²) in [7, 11) is 0. The number of hydrogen-bond donors (Lipinski definition) is 2. The maximum atomic E-state index is 12.8. The van der Waals surface area contributed by atoms with E-state index in [-0.39, 0.29) is 0 Å². The lowest BCUT2D eigenvalue weighted by molar-refractivity contribution is -0.124. The fraction of sp³-hybridized carbons (Fsp3) is 0.462. The average Bonchev–Trinajstić information content (AvgIpc) is 2.57. The third-order valence-corrected chi connectivity index (χ3v) is 2.77. The lowest BCUT2D eigenvalue weighted by atomic mass is 10.1. The van der Waals surface area contributed by atoms with Gasteiger partial charge in [0.1, 0.15) is 18.4 Å². The maximum absolute atomic E-state index is 12.8. The highest BCUT2D eigenvalue weighted by molar-refractivity contribution is 5.84. The fourth-order valence-corrected chi connectivity index (χ4v) is 1.90. The molecule has 4 nitrogen and oxygen atoms in total. The molecular formula is C13H16F2N2O2. The predicted molar refractivity (Wildman–Crippen MR) is 66.3 cm³/mol. The normalized spacial score (nSPS) is 19.0. The Morgan fingerprint density at radius 2 is 2.26 bits per heavy atom. The minimum Gasteiger partial charge on any atom is -0.492 e. The van der Waals surface area contributed by atoms with Crippen molar-refractivity contribution < 1.29 is 18.3 Å². The van der Waals surface area contributed by atoms with E-state index in [4.69, 9.17) is 4.74 Å². The molecule has 0 aliphatic carbocycles. The first-order chi connectivity index (χ1) is 8.97. The van der Waals surface area contributed by atoms with Crippen molar-refractivity contribution in [1.29, 1.82) is 0 Å². The summed E-state index contributed by atoms with van der Waals surface area (Å²) in [6, 6.07) is 6.43. The Bertz CT molecular complexity index is 460. The molecule has 1 aliphatic rings. The molecule has 0 spiro atoms. The van der Waals surface area contributed by atoms with E-state index in [0.29, 0.717) is 24.5 Å². The number of halogens is 2. The van der Waals surface area contributed by atoms with E-state index < -0.39 is 24.4 Å². The first-order valence-corrected chi connectivity index (χ1v) is 6.08. The Morgan fingerprint density at radius 1 is 1.53 bits per heavy atom. The molecular weight excluding hydrogens is 254 g/mol. The topological polar surface area (TPSA) is 50.4 Å². The zero-order valence-corrected chi connectivity index (χ0v) is 10.6. The van der Waals surface area contributed by atoms with Crippen LogP contribution in [0.25, 0.3) is 0 Å². The molecule has 2 N–H and O–H groups in total. The highest BCUT2D eigenvalue weighted by Gasteiger charge is 2.28. The molecule has 1 amide bonds. The van der Waals surface area contributed by atoms with Gasteiger partial charge < -0.3 is 10.1 Å². The first kappa shape index (κ1) is 13.7. The summed E-state index contributed by atoms with van der Waals surface area (Å²) in [5.41, 5.74) is 0.664. The summed E-state index contributed by atoms with van der Waals surface area (Å²) in [6.07, 6.45) is 0. The molecule has 1 aromatic carbocycles. The summed E-state index contributed by atoms with van der Waals surface area (Å²) in [4.78, 5) is 12.0. The van der Waals surface area contributed by atoms with Crippen LogP contribution in [0.2, 0.25) is 0 Å². The number of nitrogens with one attached hydrogen (secondary N) is 2. The van der Waals surface area contributed by atoms with E-state index in [9.17, 15) is 13.6 Å². The third kappa shape index (κ3) is 3.64. The number of carbonyl (C=O) groups is 1. The summed E-state index contributed by atoms with van der Waals surface area (Å²) in [5, 5.41) is 5.25. The van der Waals surface area contributed by atoms with Gasteiger partial charge in [-0.25, -0.2) is 8.78 Å². The minimum absolute atomic E-state index is 0.435. The molecule has 1 atom stereocenters. The van der Waals surface area contributed by atoms with E-state index in [2.05, 4.69) is 10.6 Å². The van der Waals surface area contributed by atoms with Crippen LogP contribution in [0, 0.1) is 0 Å². The van der Waals surface area contributed by atoms with Gasteiger partial charge in [-0.3, -0.25) is 10.1 Å². The quantitative estimate of drug-likeness (QED) is 0.874. The van der Waals surface area contributed by atoms with Gasteiger partial charge >= 0.3 is 0 Å². The number of ether oxygens (including phenoxy) is 1. The number of para-hydroxylation sites is 1. The average molecular weight is 270 g/mol. The number of rotatable bonds is 3. The van der Waals surface area contributed by atoms with Gasteiger partial charge in [0.2, 0.25) is 5.91 Å². The van der Waals surface area contributed by atoms with Crippen LogP contribution >= 0.6 is 0 Å². The molecule has 19 heavy (non-hydrogen) atoms. The predicted octanol–water partition coefficient (Wildman–Crippen LogP) is 1.48. The molecule has 2 rings (SSSR count). The van der Waals surface area contributed by atoms with Gasteiger partial charge in [0.25, 0.3) is 5.92 Å². The molecule has 0 fully saturated rings. The monoisotopic (exact) mass is 270 g/mol. The van der Waals surface area contributed by atoms with E-state index in [0.717, 1.165) is 6.92 Å². The lowest BCUT2D eigenvalue weighted by Crippen LogP contribution is -2.42. The van der Waals surface area contributed by atoms with Crippen LogP contribution in [0.4, 0.5) is 8.78 Å². The van der Waals surface area contributed by atoms with Gasteiger partial charge in [0.05, 0.1) is 6.54 Å². The van der Waals surface area contributed by atoms with Crippen molar-refractivity contribution in [3.05, 3.63) is 29.8 Å². The summed E-state index contributed by atoms with van der Waals surface area (Å²) in [5.74, 6) is -2.79. The molecule has 104 valence electrons. The van der Waals surface area contributed by atoms with Crippen LogP contribution in [-0.2, 0) is 4.79 Å². The second-order valence-electron chi connectivity index (χ2n) is 4.56. The Labute approximate surface area is 110 Å². The standard InChI is InChI=1S/C13H16F2N2O2/c1-13(14,15)8-17-12(18)11-9-4-2-3-5-10(9)19-7-6-16-11/h2-5,11,16H,6-8H2,1H3,(H,17,18). The number of benzene rings is 1. The molecule has 0 saturated heterocycles. The van der Waals surface area contributed by atoms with E-state index in [1.54, 1.807) is 24.3 Å². The van der Waals surface area contributed by atoms with Gasteiger partial charge in [-0.2, -0.15) is 0 Å². The number of amides is 1. The van der Waals surface area contributed by atoms with Crippen LogP contribution in [0.3, 0.4) is 0 Å². The van der Waals surface area contributed by atoms with Crippen molar-refractivity contribution >= 4 is 5.91 Å². The molecule has 1 unspecified atom stereocenters. The van der Waals surface area contributed by atoms with Crippen LogP contribution in [0.5, 0.6) is 5.75 Å². The lowest BCUT2D eigenvalue weighted by Gasteiger charge is -2.18. The Kier molecular flexibility index (Phi) is 3.99. The van der Waals surface area contributed by atoms with E-state index in [1.807, 2.05) is 0 Å². The Morgan fingerprint density at radius 3 is 3.00 bits per heavy atom. The zero-order valence-electron chi connectivity index (χ0n) is 10.6. The number of fused-ring (bicyclic) bond motifs is 1. The Balaban J connectivity index is 2.13. The number of carbonyl (C=O) groups excluding carboxylic acids is 1. The molecule has 6 heteroatoms. The molecule has 0 aromatic heterocycles. The number of hydrogen-bond acceptors (Lipinski definition) is 3. The summed E-state index contributed by atoms with van der Waals surface area (Å²) in [6.45, 7) is 1.01. The number of alkyl halides is 2. The maximum Gasteiger partial charge on any atom is 0.262 e. The smallest absolute Gasteiger partial charge is 0.262 e. The van der Waals surface area contributed by atoms with Gasteiger partial charge in [0.15, 0.2) is 0 Å². The third-order valence-electron chi connectivity index (χ3n) is 2.77. The van der Waals surface area contributed by atoms with Crippen LogP contribution in [0.1, 0.15) is 18.5 Å². The van der Waals surface area contributed by atoms with E-state index >= 15 is 0 Å². The van der Waals surface area contributed by atoms with Gasteiger partial charge in [0, 0.05) is 19.0 Å². The van der Waals surface area contributed by atoms with Gasteiger partial charge in [-0.05, 0) is 6.07 Å². The minimum atomic E-state index is -2.92.